The van der Waals surface area contributed by atoms with Crippen LogP contribution in [0, 0.1) is 0 Å². The summed E-state index contributed by atoms with van der Waals surface area (Å²) >= 11 is 1.31. The van der Waals surface area contributed by atoms with Crippen molar-refractivity contribution in [3.05, 3.63) is 53.0 Å². The zero-order valence-corrected chi connectivity index (χ0v) is 14.2. The molecule has 1 aliphatic carbocycles. The van der Waals surface area contributed by atoms with Crippen LogP contribution in [0.2, 0.25) is 0 Å². The molecule has 0 amide bonds. The lowest BCUT2D eigenvalue weighted by Crippen LogP contribution is -2.01. The number of carbonyl (C=O) groups excluding carboxylic acids is 1. The Kier molecular flexibility index (Phi) is 3.94. The number of nitrogens with one attached hydrogen (secondary N) is 1. The van der Waals surface area contributed by atoms with E-state index < -0.39 is 0 Å². The molecule has 0 unspecified atom stereocenters. The molecular formula is C19H18N2O2S. The summed E-state index contributed by atoms with van der Waals surface area (Å²) in [6, 6.07) is 12.8. The Hall–Kier alpha value is -2.40. The number of aromatic nitrogens is 1. The van der Waals surface area contributed by atoms with Crippen LogP contribution >= 0.6 is 11.3 Å². The average Bonchev–Trinajstić information content (AvgIpc) is 3.33. The Labute approximate surface area is 144 Å². The average molecular weight is 338 g/mol. The molecule has 1 N–H and O–H groups in total. The number of benzene rings is 2. The summed E-state index contributed by atoms with van der Waals surface area (Å²) in [4.78, 5) is 16.6. The van der Waals surface area contributed by atoms with Crippen LogP contribution in [0.25, 0.3) is 10.8 Å². The van der Waals surface area contributed by atoms with Crippen LogP contribution in [-0.4, -0.2) is 17.6 Å². The van der Waals surface area contributed by atoms with Crippen molar-refractivity contribution >= 4 is 38.9 Å². The first kappa shape index (κ1) is 15.1. The van der Waals surface area contributed by atoms with Crippen molar-refractivity contribution in [2.24, 2.45) is 0 Å². The number of esters is 1. The van der Waals surface area contributed by atoms with Gasteiger partial charge in [-0.15, -0.1) is 0 Å². The molecule has 0 atom stereocenters. The molecule has 1 heterocycles. The third kappa shape index (κ3) is 2.87. The highest BCUT2D eigenvalue weighted by Gasteiger charge is 2.25. The molecule has 1 aromatic heterocycles. The van der Waals surface area contributed by atoms with Gasteiger partial charge in [0.15, 0.2) is 5.13 Å². The highest BCUT2D eigenvalue weighted by Crippen LogP contribution is 2.44. The van der Waals surface area contributed by atoms with Crippen LogP contribution in [0.1, 0.15) is 40.9 Å². The van der Waals surface area contributed by atoms with Crippen LogP contribution in [0.3, 0.4) is 0 Å². The molecule has 3 aromatic rings. The van der Waals surface area contributed by atoms with Crippen LogP contribution in [0.4, 0.5) is 10.8 Å². The summed E-state index contributed by atoms with van der Waals surface area (Å²) in [5.41, 5.74) is 2.45. The molecule has 4 rings (SSSR count). The Balaban J connectivity index is 1.65. The molecule has 24 heavy (non-hydrogen) atoms. The van der Waals surface area contributed by atoms with Gasteiger partial charge >= 0.3 is 5.97 Å². The first-order chi connectivity index (χ1) is 11.8. The van der Waals surface area contributed by atoms with Gasteiger partial charge in [-0.2, -0.15) is 0 Å². The number of nitrogens with zero attached hydrogens (tertiary/aromatic N) is 1. The Bertz CT molecular complexity index is 899. The van der Waals surface area contributed by atoms with Gasteiger partial charge in [-0.05, 0) is 42.7 Å². The largest absolute Gasteiger partial charge is 0.462 e. The minimum absolute atomic E-state index is 0.322. The van der Waals surface area contributed by atoms with Gasteiger partial charge in [0.1, 0.15) is 4.88 Å². The number of thiazole rings is 1. The molecule has 0 spiro atoms. The van der Waals surface area contributed by atoms with E-state index in [1.54, 1.807) is 13.1 Å². The van der Waals surface area contributed by atoms with E-state index in [9.17, 15) is 4.79 Å². The maximum absolute atomic E-state index is 11.8. The minimum atomic E-state index is -0.322. The fraction of sp³-hybridized carbons (Fsp3) is 0.263. The van der Waals surface area contributed by atoms with E-state index in [-0.39, 0.29) is 5.97 Å². The lowest BCUT2D eigenvalue weighted by molar-refractivity contribution is 0.0532. The molecule has 1 aliphatic rings. The Morgan fingerprint density at radius 1 is 1.25 bits per heavy atom. The molecule has 1 fully saturated rings. The van der Waals surface area contributed by atoms with E-state index >= 15 is 0 Å². The lowest BCUT2D eigenvalue weighted by atomic mass is 10.00. The normalized spacial score (nSPS) is 13.9. The van der Waals surface area contributed by atoms with Gasteiger partial charge in [-0.25, -0.2) is 9.78 Å². The van der Waals surface area contributed by atoms with Gasteiger partial charge in [-0.1, -0.05) is 41.7 Å². The van der Waals surface area contributed by atoms with Crippen LogP contribution < -0.4 is 5.32 Å². The zero-order chi connectivity index (χ0) is 16.5. The van der Waals surface area contributed by atoms with E-state index in [0.29, 0.717) is 22.5 Å². The topological polar surface area (TPSA) is 51.2 Å². The SMILES string of the molecule is CCOC(=O)c1cnc(Nc2ccc(C3CC3)c3ccccc23)s1. The minimum Gasteiger partial charge on any atom is -0.462 e. The van der Waals surface area contributed by atoms with Crippen LogP contribution in [-0.2, 0) is 4.74 Å². The number of carbonyl (C=O) groups is 1. The predicted octanol–water partition coefficient (Wildman–Crippen LogP) is 5.09. The molecule has 2 aromatic carbocycles. The lowest BCUT2D eigenvalue weighted by Gasteiger charge is -2.11. The third-order valence-electron chi connectivity index (χ3n) is 4.20. The second-order valence-electron chi connectivity index (χ2n) is 5.90. The standard InChI is InChI=1S/C19H18N2O2S/c1-2-23-18(22)17-11-20-19(24-17)21-16-10-9-13(12-7-8-12)14-5-3-4-6-15(14)16/h3-6,9-12H,2,7-8H2,1H3,(H,20,21). The Morgan fingerprint density at radius 2 is 2.04 bits per heavy atom. The highest BCUT2D eigenvalue weighted by atomic mass is 32.1. The van der Waals surface area contributed by atoms with Crippen molar-refractivity contribution in [3.8, 4) is 0 Å². The predicted molar refractivity (Wildman–Crippen MR) is 97.3 cm³/mol. The van der Waals surface area contributed by atoms with Crippen molar-refractivity contribution in [1.29, 1.82) is 0 Å². The molecular weight excluding hydrogens is 320 g/mol. The number of fused-ring (bicyclic) bond motifs is 1. The zero-order valence-electron chi connectivity index (χ0n) is 13.4. The maximum atomic E-state index is 11.8. The first-order valence-electron chi connectivity index (χ1n) is 8.18. The molecule has 4 nitrogen and oxygen atoms in total. The van der Waals surface area contributed by atoms with Gasteiger partial charge in [0.2, 0.25) is 0 Å². The summed E-state index contributed by atoms with van der Waals surface area (Å²) in [6.45, 7) is 2.17. The summed E-state index contributed by atoms with van der Waals surface area (Å²) in [5, 5.41) is 6.54. The number of anilines is 2. The molecule has 0 bridgehead atoms. The fourth-order valence-corrected chi connectivity index (χ4v) is 3.65. The molecule has 122 valence electrons. The van der Waals surface area contributed by atoms with Gasteiger partial charge in [0.25, 0.3) is 0 Å². The number of hydrogen-bond acceptors (Lipinski definition) is 5. The van der Waals surface area contributed by atoms with Gasteiger partial charge < -0.3 is 10.1 Å². The van der Waals surface area contributed by atoms with E-state index in [2.05, 4.69) is 46.7 Å². The number of hydrogen-bond donors (Lipinski definition) is 1. The second kappa shape index (κ2) is 6.24. The van der Waals surface area contributed by atoms with Crippen LogP contribution in [0.5, 0.6) is 0 Å². The van der Waals surface area contributed by atoms with Gasteiger partial charge in [0, 0.05) is 11.1 Å². The smallest absolute Gasteiger partial charge is 0.350 e. The molecule has 0 saturated heterocycles. The first-order valence-corrected chi connectivity index (χ1v) is 8.99. The number of rotatable bonds is 5. The van der Waals surface area contributed by atoms with Crippen molar-refractivity contribution < 1.29 is 9.53 Å². The number of ether oxygens (including phenoxy) is 1. The summed E-state index contributed by atoms with van der Waals surface area (Å²) < 4.78 is 5.01. The molecule has 0 aliphatic heterocycles. The summed E-state index contributed by atoms with van der Waals surface area (Å²) in [5.74, 6) is 0.385. The fourth-order valence-electron chi connectivity index (χ4n) is 2.93. The second-order valence-corrected chi connectivity index (χ2v) is 6.93. The highest BCUT2D eigenvalue weighted by molar-refractivity contribution is 7.17. The summed E-state index contributed by atoms with van der Waals surface area (Å²) in [6.07, 6.45) is 4.13. The van der Waals surface area contributed by atoms with E-state index in [0.717, 1.165) is 5.69 Å². The monoisotopic (exact) mass is 338 g/mol. The molecule has 1 saturated carbocycles. The van der Waals surface area contributed by atoms with Gasteiger partial charge in [0.05, 0.1) is 12.8 Å². The van der Waals surface area contributed by atoms with E-state index in [1.807, 2.05) is 0 Å². The van der Waals surface area contributed by atoms with Crippen molar-refractivity contribution in [3.63, 3.8) is 0 Å². The Morgan fingerprint density at radius 3 is 2.79 bits per heavy atom. The maximum Gasteiger partial charge on any atom is 0.350 e. The van der Waals surface area contributed by atoms with Crippen LogP contribution in [0.15, 0.2) is 42.6 Å². The summed E-state index contributed by atoms with van der Waals surface area (Å²) in [7, 11) is 0. The quantitative estimate of drug-likeness (QED) is 0.658. The van der Waals surface area contributed by atoms with Crippen molar-refractivity contribution in [2.45, 2.75) is 25.7 Å². The molecule has 0 radical (unpaired) electrons. The molecule has 5 heteroatoms. The van der Waals surface area contributed by atoms with E-state index in [1.165, 1.54) is 40.5 Å². The van der Waals surface area contributed by atoms with E-state index in [4.69, 9.17) is 4.74 Å². The van der Waals surface area contributed by atoms with Gasteiger partial charge in [-0.3, -0.25) is 0 Å². The van der Waals surface area contributed by atoms with Crippen molar-refractivity contribution in [1.82, 2.24) is 4.98 Å². The van der Waals surface area contributed by atoms with Crippen molar-refractivity contribution in [2.75, 3.05) is 11.9 Å². The third-order valence-corrected chi connectivity index (χ3v) is 5.09.